The zero-order valence-corrected chi connectivity index (χ0v) is 16.6. The Labute approximate surface area is 179 Å². The number of hydrogen-bond donors (Lipinski definition) is 3. The highest BCUT2D eigenvalue weighted by Gasteiger charge is 2.31. The molecule has 5 N–H and O–H groups in total. The molecule has 9 nitrogen and oxygen atoms in total. The maximum Gasteiger partial charge on any atom is 0.416 e. The topological polar surface area (TPSA) is 146 Å². The smallest absolute Gasteiger partial charge is 0.416 e. The molecule has 0 aliphatic carbocycles. The molecule has 0 saturated carbocycles. The number of aromatic nitrogens is 3. The molecule has 3 aromatic rings. The maximum absolute atomic E-state index is 12.8. The molecule has 2 amide bonds. The number of pyridine rings is 1. The Kier molecular flexibility index (Phi) is 6.23. The third-order valence-corrected chi connectivity index (χ3v) is 4.17. The van der Waals surface area contributed by atoms with Gasteiger partial charge in [-0.25, -0.2) is 15.0 Å². The van der Waals surface area contributed by atoms with E-state index in [-0.39, 0.29) is 29.0 Å². The number of ether oxygens (including phenoxy) is 1. The number of anilines is 1. The van der Waals surface area contributed by atoms with Crippen LogP contribution in [0.1, 0.15) is 23.0 Å². The molecular weight excluding hydrogens is 429 g/mol. The Bertz CT molecular complexity index is 1150. The van der Waals surface area contributed by atoms with E-state index in [1.54, 1.807) is 0 Å². The number of benzene rings is 1. The highest BCUT2D eigenvalue weighted by Crippen LogP contribution is 2.32. The Morgan fingerprint density at radius 2 is 1.75 bits per heavy atom. The van der Waals surface area contributed by atoms with Crippen LogP contribution in [0.4, 0.5) is 19.0 Å². The van der Waals surface area contributed by atoms with Crippen LogP contribution >= 0.6 is 0 Å². The lowest BCUT2D eigenvalue weighted by molar-refractivity contribution is -0.137. The van der Waals surface area contributed by atoms with Crippen molar-refractivity contribution in [1.82, 2.24) is 15.0 Å². The van der Waals surface area contributed by atoms with E-state index in [1.807, 2.05) is 0 Å². The number of carbonyl (C=O) groups is 2. The van der Waals surface area contributed by atoms with Crippen molar-refractivity contribution < 1.29 is 27.5 Å². The first-order chi connectivity index (χ1) is 15.0. The first-order valence-electron chi connectivity index (χ1n) is 9.09. The predicted molar refractivity (Wildman–Crippen MR) is 108 cm³/mol. The number of nitrogens with two attached hydrogens (primary N) is 2. The van der Waals surface area contributed by atoms with Gasteiger partial charge in [-0.3, -0.25) is 9.59 Å². The molecule has 2 aromatic heterocycles. The van der Waals surface area contributed by atoms with Crippen molar-refractivity contribution in [2.75, 3.05) is 5.32 Å². The lowest BCUT2D eigenvalue weighted by Gasteiger charge is -2.13. The summed E-state index contributed by atoms with van der Waals surface area (Å²) in [6, 6.07) is 8.13. The normalized spacial score (nSPS) is 12.1. The Hall–Kier alpha value is -4.22. The van der Waals surface area contributed by atoms with Gasteiger partial charge in [0.1, 0.15) is 23.3 Å². The zero-order chi connectivity index (χ0) is 23.5. The average molecular weight is 446 g/mol. The van der Waals surface area contributed by atoms with Gasteiger partial charge in [-0.15, -0.1) is 0 Å². The Morgan fingerprint density at radius 1 is 1.06 bits per heavy atom. The van der Waals surface area contributed by atoms with Crippen LogP contribution < -0.4 is 21.5 Å². The van der Waals surface area contributed by atoms with Gasteiger partial charge >= 0.3 is 6.18 Å². The Morgan fingerprint density at radius 3 is 2.34 bits per heavy atom. The number of hydrogen-bond acceptors (Lipinski definition) is 7. The average Bonchev–Trinajstić information content (AvgIpc) is 2.73. The van der Waals surface area contributed by atoms with Crippen molar-refractivity contribution >= 4 is 17.6 Å². The van der Waals surface area contributed by atoms with Crippen molar-refractivity contribution in [3.8, 4) is 23.0 Å². The summed E-state index contributed by atoms with van der Waals surface area (Å²) >= 11 is 0. The van der Waals surface area contributed by atoms with E-state index in [9.17, 15) is 22.8 Å². The summed E-state index contributed by atoms with van der Waals surface area (Å²) in [7, 11) is 0. The fourth-order valence-electron chi connectivity index (χ4n) is 2.50. The number of amides is 2. The van der Waals surface area contributed by atoms with Gasteiger partial charge in [-0.1, -0.05) is 0 Å². The van der Waals surface area contributed by atoms with E-state index >= 15 is 0 Å². The lowest BCUT2D eigenvalue weighted by Crippen LogP contribution is -2.33. The first kappa shape index (κ1) is 22.5. The predicted octanol–water partition coefficient (Wildman–Crippen LogP) is 2.73. The van der Waals surface area contributed by atoms with E-state index in [1.165, 1.54) is 37.3 Å². The van der Waals surface area contributed by atoms with Crippen LogP contribution in [-0.2, 0) is 11.0 Å². The summed E-state index contributed by atoms with van der Waals surface area (Å²) < 4.78 is 43.9. The van der Waals surface area contributed by atoms with Gasteiger partial charge in [0.15, 0.2) is 5.82 Å². The molecule has 0 bridgehead atoms. The van der Waals surface area contributed by atoms with Gasteiger partial charge in [-0.2, -0.15) is 13.2 Å². The van der Waals surface area contributed by atoms with Crippen LogP contribution in [0, 0.1) is 0 Å². The summed E-state index contributed by atoms with van der Waals surface area (Å²) in [5.41, 5.74) is 10.0. The summed E-state index contributed by atoms with van der Waals surface area (Å²) in [6.07, 6.45) is -3.53. The van der Waals surface area contributed by atoms with Crippen LogP contribution in [0.25, 0.3) is 11.4 Å². The van der Waals surface area contributed by atoms with Gasteiger partial charge in [0.2, 0.25) is 11.8 Å². The molecule has 12 heteroatoms. The molecular formula is C20H17F3N6O3. The minimum atomic E-state index is -4.52. The largest absolute Gasteiger partial charge is 0.439 e. The molecule has 0 aliphatic rings. The number of rotatable bonds is 7. The van der Waals surface area contributed by atoms with Gasteiger partial charge in [0.25, 0.3) is 5.91 Å². The fourth-order valence-corrected chi connectivity index (χ4v) is 2.50. The fraction of sp³-hybridized carbons (Fsp3) is 0.150. The van der Waals surface area contributed by atoms with Crippen LogP contribution in [0.2, 0.25) is 0 Å². The zero-order valence-electron chi connectivity index (χ0n) is 16.6. The monoisotopic (exact) mass is 446 g/mol. The van der Waals surface area contributed by atoms with Gasteiger partial charge in [0, 0.05) is 23.9 Å². The van der Waals surface area contributed by atoms with Crippen molar-refractivity contribution in [2.24, 2.45) is 11.5 Å². The third kappa shape index (κ3) is 5.47. The van der Waals surface area contributed by atoms with E-state index in [0.717, 1.165) is 18.3 Å². The van der Waals surface area contributed by atoms with Crippen molar-refractivity contribution in [3.05, 3.63) is 59.9 Å². The second-order valence-corrected chi connectivity index (χ2v) is 6.60. The van der Waals surface area contributed by atoms with Gasteiger partial charge in [0.05, 0.1) is 5.56 Å². The molecule has 1 atom stereocenters. The molecule has 166 valence electrons. The lowest BCUT2D eigenvalue weighted by atomic mass is 10.2. The summed E-state index contributed by atoms with van der Waals surface area (Å²) in [5, 5.41) is 2.75. The van der Waals surface area contributed by atoms with Crippen LogP contribution in [0.15, 0.2) is 48.7 Å². The van der Waals surface area contributed by atoms with E-state index in [2.05, 4.69) is 20.3 Å². The quantitative estimate of drug-likeness (QED) is 0.506. The van der Waals surface area contributed by atoms with E-state index < -0.39 is 29.6 Å². The molecule has 1 unspecified atom stereocenters. The van der Waals surface area contributed by atoms with E-state index in [4.69, 9.17) is 16.2 Å². The molecule has 2 heterocycles. The number of primary amides is 2. The second kappa shape index (κ2) is 8.88. The van der Waals surface area contributed by atoms with Gasteiger partial charge < -0.3 is 21.5 Å². The summed E-state index contributed by atoms with van der Waals surface area (Å²) in [4.78, 5) is 35.0. The molecule has 0 saturated heterocycles. The van der Waals surface area contributed by atoms with Crippen molar-refractivity contribution in [2.45, 2.75) is 19.1 Å². The van der Waals surface area contributed by atoms with Crippen molar-refractivity contribution in [1.29, 1.82) is 0 Å². The minimum Gasteiger partial charge on any atom is -0.439 e. The summed E-state index contributed by atoms with van der Waals surface area (Å²) in [6.45, 7) is 1.52. The van der Waals surface area contributed by atoms with Crippen LogP contribution in [0.5, 0.6) is 11.6 Å². The standard InChI is InChI=1S/C20H17F3N6O3/c1-10(17(24)30)27-15-9-14(18(25)31)28-19(29-15)11-2-4-13(5-3-11)32-16-8-12(6-7-26-16)20(21,22)23/h2-10H,1H3,(H2,24,30)(H2,25,31)(H,27,28,29). The number of carbonyl (C=O) groups excluding carboxylic acids is 2. The molecule has 3 rings (SSSR count). The third-order valence-electron chi connectivity index (χ3n) is 4.17. The first-order valence-corrected chi connectivity index (χ1v) is 9.09. The highest BCUT2D eigenvalue weighted by molar-refractivity contribution is 5.92. The molecule has 32 heavy (non-hydrogen) atoms. The van der Waals surface area contributed by atoms with Crippen LogP contribution in [-0.4, -0.2) is 32.8 Å². The van der Waals surface area contributed by atoms with E-state index in [0.29, 0.717) is 5.56 Å². The van der Waals surface area contributed by atoms with Gasteiger partial charge in [-0.05, 0) is 37.3 Å². The molecule has 0 spiro atoms. The molecule has 0 radical (unpaired) electrons. The SMILES string of the molecule is CC(Nc1cc(C(N)=O)nc(-c2ccc(Oc3cc(C(F)(F)F)ccn3)cc2)n1)C(N)=O. The number of alkyl halides is 3. The Balaban J connectivity index is 1.86. The molecule has 1 aromatic carbocycles. The number of nitrogens with one attached hydrogen (secondary N) is 1. The highest BCUT2D eigenvalue weighted by atomic mass is 19.4. The molecule has 0 fully saturated rings. The van der Waals surface area contributed by atoms with Crippen LogP contribution in [0.3, 0.4) is 0 Å². The second-order valence-electron chi connectivity index (χ2n) is 6.60. The van der Waals surface area contributed by atoms with Crippen molar-refractivity contribution in [3.63, 3.8) is 0 Å². The molecule has 0 aliphatic heterocycles. The number of halogens is 3. The minimum absolute atomic E-state index is 0.0948. The summed E-state index contributed by atoms with van der Waals surface area (Å²) in [5.74, 6) is -1.18. The number of nitrogens with zero attached hydrogens (tertiary/aromatic N) is 3. The maximum atomic E-state index is 12.8.